The van der Waals surface area contributed by atoms with Gasteiger partial charge in [-0.2, -0.15) is 0 Å². The first-order valence-electron chi connectivity index (χ1n) is 10.7. The summed E-state index contributed by atoms with van der Waals surface area (Å²) in [5, 5.41) is 12.2. The van der Waals surface area contributed by atoms with Crippen molar-refractivity contribution >= 4 is 54.1 Å². The quantitative estimate of drug-likeness (QED) is 0.355. The van der Waals surface area contributed by atoms with Gasteiger partial charge in [0.1, 0.15) is 0 Å². The summed E-state index contributed by atoms with van der Waals surface area (Å²) in [5.41, 5.74) is 0.426. The summed E-state index contributed by atoms with van der Waals surface area (Å²) in [6, 6.07) is 7.91. The minimum atomic E-state index is -3.91. The number of hydrogen-bond donors (Lipinski definition) is 3. The number of pyridine rings is 1. The maximum absolute atomic E-state index is 13.3. The lowest BCUT2D eigenvalue weighted by Crippen LogP contribution is -2.48. The van der Waals surface area contributed by atoms with Crippen molar-refractivity contribution in [1.82, 2.24) is 23.8 Å². The lowest BCUT2D eigenvalue weighted by Gasteiger charge is -2.37. The SMILES string of the molecule is C[C@]1(NC(=O)O)CC[C@@H](n2c(=O)[nH]c3cnc4c(c(Br)cn4S(=O)(=O)c4ccccc4)c32)CC1. The van der Waals surface area contributed by atoms with Crippen LogP contribution in [0.5, 0.6) is 0 Å². The summed E-state index contributed by atoms with van der Waals surface area (Å²) in [6.07, 6.45) is 4.18. The zero-order valence-corrected chi connectivity index (χ0v) is 20.6. The molecule has 0 radical (unpaired) electrons. The molecule has 0 atom stereocenters. The summed E-state index contributed by atoms with van der Waals surface area (Å²) in [7, 11) is -3.91. The van der Waals surface area contributed by atoms with Crippen molar-refractivity contribution in [3.8, 4) is 0 Å². The van der Waals surface area contributed by atoms with Crippen molar-refractivity contribution in [2.45, 2.75) is 49.1 Å². The summed E-state index contributed by atoms with van der Waals surface area (Å²) in [5.74, 6) is 0. The Balaban J connectivity index is 1.64. The lowest BCUT2D eigenvalue weighted by molar-refractivity contribution is 0.158. The molecule has 1 fully saturated rings. The van der Waals surface area contributed by atoms with Crippen LogP contribution in [0.3, 0.4) is 0 Å². The summed E-state index contributed by atoms with van der Waals surface area (Å²) >= 11 is 3.49. The van der Waals surface area contributed by atoms with Gasteiger partial charge in [0.15, 0.2) is 5.65 Å². The number of rotatable bonds is 4. The van der Waals surface area contributed by atoms with Crippen LogP contribution in [-0.4, -0.2) is 43.7 Å². The molecule has 3 aromatic heterocycles. The molecule has 3 heterocycles. The summed E-state index contributed by atoms with van der Waals surface area (Å²) in [6.45, 7) is 1.86. The van der Waals surface area contributed by atoms with Crippen LogP contribution in [0.2, 0.25) is 0 Å². The van der Waals surface area contributed by atoms with E-state index in [0.717, 1.165) is 3.97 Å². The van der Waals surface area contributed by atoms with Crippen molar-refractivity contribution in [3.05, 3.63) is 57.7 Å². The number of carbonyl (C=O) groups is 1. The van der Waals surface area contributed by atoms with E-state index in [1.54, 1.807) is 22.8 Å². The number of carboxylic acid groups (broad SMARTS) is 1. The number of aromatic nitrogens is 4. The second-order valence-corrected chi connectivity index (χ2v) is 11.5. The first-order valence-corrected chi connectivity index (χ1v) is 13.0. The van der Waals surface area contributed by atoms with Gasteiger partial charge in [-0.05, 0) is 60.7 Å². The van der Waals surface area contributed by atoms with E-state index in [1.165, 1.54) is 24.5 Å². The Bertz CT molecular complexity index is 1580. The number of hydrogen-bond acceptors (Lipinski definition) is 5. The van der Waals surface area contributed by atoms with Gasteiger partial charge >= 0.3 is 11.8 Å². The third-order valence-electron chi connectivity index (χ3n) is 6.54. The van der Waals surface area contributed by atoms with Crippen molar-refractivity contribution in [1.29, 1.82) is 0 Å². The second-order valence-electron chi connectivity index (χ2n) is 8.83. The topological polar surface area (TPSA) is 139 Å². The maximum atomic E-state index is 13.3. The van der Waals surface area contributed by atoms with Gasteiger partial charge in [0.25, 0.3) is 10.0 Å². The number of benzene rings is 1. The minimum Gasteiger partial charge on any atom is -0.465 e. The highest BCUT2D eigenvalue weighted by molar-refractivity contribution is 9.10. The molecular formula is C22H22BrN5O5S. The van der Waals surface area contributed by atoms with E-state index in [2.05, 4.69) is 31.2 Å². The number of H-pyrrole nitrogens is 1. The zero-order valence-electron chi connectivity index (χ0n) is 18.2. The van der Waals surface area contributed by atoms with Crippen LogP contribution in [-0.2, 0) is 10.0 Å². The fourth-order valence-electron chi connectivity index (χ4n) is 4.84. The first kappa shape index (κ1) is 22.7. The number of nitrogens with one attached hydrogen (secondary N) is 2. The van der Waals surface area contributed by atoms with E-state index in [4.69, 9.17) is 5.11 Å². The Morgan fingerprint density at radius 1 is 1.26 bits per heavy atom. The third-order valence-corrected chi connectivity index (χ3v) is 8.81. The monoisotopic (exact) mass is 547 g/mol. The molecule has 1 aliphatic carbocycles. The van der Waals surface area contributed by atoms with Gasteiger partial charge in [-0.1, -0.05) is 18.2 Å². The molecular weight excluding hydrogens is 526 g/mol. The molecule has 0 aliphatic heterocycles. The van der Waals surface area contributed by atoms with E-state index in [0.29, 0.717) is 46.6 Å². The summed E-state index contributed by atoms with van der Waals surface area (Å²) in [4.78, 5) is 31.5. The Hall–Kier alpha value is -3.12. The lowest BCUT2D eigenvalue weighted by atomic mass is 9.80. The van der Waals surface area contributed by atoms with E-state index >= 15 is 0 Å². The molecule has 0 saturated heterocycles. The van der Waals surface area contributed by atoms with Crippen molar-refractivity contribution in [2.24, 2.45) is 0 Å². The van der Waals surface area contributed by atoms with Gasteiger partial charge in [-0.15, -0.1) is 0 Å². The molecule has 3 N–H and O–H groups in total. The highest BCUT2D eigenvalue weighted by Crippen LogP contribution is 2.38. The molecule has 178 valence electrons. The molecule has 0 unspecified atom stereocenters. The van der Waals surface area contributed by atoms with Crippen LogP contribution in [0, 0.1) is 0 Å². The maximum Gasteiger partial charge on any atom is 0.405 e. The van der Waals surface area contributed by atoms with Crippen LogP contribution < -0.4 is 11.0 Å². The second kappa shape index (κ2) is 7.98. The predicted molar refractivity (Wildman–Crippen MR) is 130 cm³/mol. The van der Waals surface area contributed by atoms with Crippen LogP contribution in [0.25, 0.3) is 22.1 Å². The first-order chi connectivity index (χ1) is 16.1. The molecule has 0 bridgehead atoms. The molecule has 5 rings (SSSR count). The third kappa shape index (κ3) is 3.61. The number of nitrogens with zero attached hydrogens (tertiary/aromatic N) is 3. The Kier molecular flexibility index (Phi) is 5.32. The average molecular weight is 548 g/mol. The van der Waals surface area contributed by atoms with Crippen LogP contribution in [0.4, 0.5) is 4.79 Å². The molecule has 34 heavy (non-hydrogen) atoms. The normalized spacial score (nSPS) is 21.2. The molecule has 1 aromatic carbocycles. The van der Waals surface area contributed by atoms with Crippen LogP contribution in [0.1, 0.15) is 38.6 Å². The molecule has 10 nitrogen and oxygen atoms in total. The van der Waals surface area contributed by atoms with E-state index in [1.807, 2.05) is 6.92 Å². The van der Waals surface area contributed by atoms with E-state index in [-0.39, 0.29) is 22.3 Å². The highest BCUT2D eigenvalue weighted by atomic mass is 79.9. The van der Waals surface area contributed by atoms with E-state index in [9.17, 15) is 18.0 Å². The highest BCUT2D eigenvalue weighted by Gasteiger charge is 2.35. The van der Waals surface area contributed by atoms with Crippen LogP contribution in [0.15, 0.2) is 56.9 Å². The number of imidazole rings is 1. The molecule has 4 aromatic rings. The number of fused-ring (bicyclic) bond motifs is 3. The smallest absolute Gasteiger partial charge is 0.405 e. The van der Waals surface area contributed by atoms with Crippen molar-refractivity contribution in [3.63, 3.8) is 0 Å². The summed E-state index contributed by atoms with van der Waals surface area (Å²) < 4.78 is 29.9. The molecule has 1 amide bonds. The van der Waals surface area contributed by atoms with Crippen LogP contribution >= 0.6 is 15.9 Å². The fourth-order valence-corrected chi connectivity index (χ4v) is 6.89. The van der Waals surface area contributed by atoms with Gasteiger partial charge in [0.2, 0.25) is 0 Å². The molecule has 12 heteroatoms. The zero-order chi connectivity index (χ0) is 24.3. The standard InChI is InChI=1S/C22H22BrN5O5S/c1-22(26-21(30)31)9-7-13(8-10-22)28-18-16(25-20(28)29)11-24-19-17(18)15(23)12-27(19)34(32,33)14-5-3-2-4-6-14/h2-6,11-13,26H,7-10H2,1H3,(H,25,29)(H,30,31)/t13-,22+. The fraction of sp³-hybridized carbons (Fsp3) is 0.318. The van der Waals surface area contributed by atoms with Crippen molar-refractivity contribution in [2.75, 3.05) is 0 Å². The number of aromatic amines is 1. The average Bonchev–Trinajstić information content (AvgIpc) is 3.31. The van der Waals surface area contributed by atoms with Gasteiger partial charge in [0, 0.05) is 22.3 Å². The predicted octanol–water partition coefficient (Wildman–Crippen LogP) is 3.82. The number of amides is 1. The molecule has 1 saturated carbocycles. The van der Waals surface area contributed by atoms with Gasteiger partial charge in [-0.25, -0.2) is 27.0 Å². The van der Waals surface area contributed by atoms with E-state index < -0.39 is 21.7 Å². The molecule has 1 aliphatic rings. The largest absolute Gasteiger partial charge is 0.465 e. The van der Waals surface area contributed by atoms with Gasteiger partial charge < -0.3 is 15.4 Å². The minimum absolute atomic E-state index is 0.130. The Labute approximate surface area is 202 Å². The Morgan fingerprint density at radius 3 is 2.59 bits per heavy atom. The Morgan fingerprint density at radius 2 is 1.94 bits per heavy atom. The van der Waals surface area contributed by atoms with Gasteiger partial charge in [-0.3, -0.25) is 4.57 Å². The molecule has 0 spiro atoms. The van der Waals surface area contributed by atoms with Crippen molar-refractivity contribution < 1.29 is 18.3 Å². The van der Waals surface area contributed by atoms with Gasteiger partial charge in [0.05, 0.1) is 27.5 Å². The number of halogens is 1.